The molecule has 0 rings (SSSR count). The van der Waals surface area contributed by atoms with Gasteiger partial charge in [0, 0.05) is 20.1 Å². The Bertz CT molecular complexity index is 163. The minimum atomic E-state index is -0.994. The van der Waals surface area contributed by atoms with Crippen LogP contribution in [0.1, 0.15) is 6.42 Å². The monoisotopic (exact) mass is 191 g/mol. The zero-order chi connectivity index (χ0) is 9.40. The zero-order valence-corrected chi connectivity index (χ0v) is 7.70. The second kappa shape index (κ2) is 6.66. The smallest absolute Gasteiger partial charge is 0.404 e. The number of thiocarbonyl (C=S) groups is 1. The quantitative estimate of drug-likeness (QED) is 0.364. The van der Waals surface area contributed by atoms with E-state index in [0.29, 0.717) is 24.6 Å². The van der Waals surface area contributed by atoms with E-state index in [0.717, 1.165) is 0 Å². The summed E-state index contributed by atoms with van der Waals surface area (Å²) in [7, 11) is 1.73. The van der Waals surface area contributed by atoms with Gasteiger partial charge in [-0.15, -0.1) is 0 Å². The van der Waals surface area contributed by atoms with Crippen molar-refractivity contribution in [3.63, 3.8) is 0 Å². The summed E-state index contributed by atoms with van der Waals surface area (Å²) in [5.41, 5.74) is 0. The summed E-state index contributed by atoms with van der Waals surface area (Å²) in [5.74, 6) is 0. The molecule has 0 spiro atoms. The highest BCUT2D eigenvalue weighted by Crippen LogP contribution is 1.73. The molecule has 0 radical (unpaired) electrons. The van der Waals surface area contributed by atoms with Crippen LogP contribution in [0.2, 0.25) is 0 Å². The third kappa shape index (κ3) is 7.07. The summed E-state index contributed by atoms with van der Waals surface area (Å²) < 4.78 is 0. The molecular weight excluding hydrogens is 178 g/mol. The van der Waals surface area contributed by atoms with Gasteiger partial charge in [0.05, 0.1) is 0 Å². The molecule has 1 amide bonds. The van der Waals surface area contributed by atoms with Gasteiger partial charge < -0.3 is 21.1 Å². The molecule has 0 aliphatic rings. The van der Waals surface area contributed by atoms with Crippen LogP contribution in [0.25, 0.3) is 0 Å². The van der Waals surface area contributed by atoms with Gasteiger partial charge in [0.15, 0.2) is 5.11 Å². The fourth-order valence-corrected chi connectivity index (χ4v) is 0.676. The van der Waals surface area contributed by atoms with Crippen molar-refractivity contribution in [1.82, 2.24) is 16.0 Å². The van der Waals surface area contributed by atoms with Crippen molar-refractivity contribution in [1.29, 1.82) is 0 Å². The summed E-state index contributed by atoms with van der Waals surface area (Å²) in [6.07, 6.45) is -0.278. The van der Waals surface area contributed by atoms with Gasteiger partial charge in [0.2, 0.25) is 0 Å². The number of nitrogens with one attached hydrogen (secondary N) is 3. The van der Waals surface area contributed by atoms with Gasteiger partial charge >= 0.3 is 6.09 Å². The van der Waals surface area contributed by atoms with Crippen LogP contribution in [-0.2, 0) is 0 Å². The van der Waals surface area contributed by atoms with Crippen LogP contribution in [0.4, 0.5) is 4.79 Å². The number of carboxylic acid groups (broad SMARTS) is 1. The standard InChI is InChI=1S/C6H13N3O2S/c1-7-5(12)8-3-2-4-9-6(10)11/h9H,2-4H2,1H3,(H,10,11)(H2,7,8,12). The molecule has 12 heavy (non-hydrogen) atoms. The van der Waals surface area contributed by atoms with Gasteiger partial charge in [-0.3, -0.25) is 0 Å². The third-order valence-corrected chi connectivity index (χ3v) is 1.49. The number of amides is 1. The molecule has 0 heterocycles. The highest BCUT2D eigenvalue weighted by molar-refractivity contribution is 7.80. The van der Waals surface area contributed by atoms with E-state index in [1.165, 1.54) is 0 Å². The number of carbonyl (C=O) groups is 1. The predicted octanol–water partition coefficient (Wildman–Crippen LogP) is -0.262. The first kappa shape index (κ1) is 11.0. The molecule has 0 unspecified atom stereocenters. The molecule has 0 aromatic heterocycles. The summed E-state index contributed by atoms with van der Waals surface area (Å²) in [5, 5.41) is 16.7. The Balaban J connectivity index is 3.11. The second-order valence-corrected chi connectivity index (χ2v) is 2.50. The topological polar surface area (TPSA) is 73.4 Å². The average Bonchev–Trinajstić information content (AvgIpc) is 2.03. The number of hydrogen-bond donors (Lipinski definition) is 4. The summed E-state index contributed by atoms with van der Waals surface area (Å²) in [6.45, 7) is 1.11. The first-order valence-electron chi connectivity index (χ1n) is 3.59. The SMILES string of the molecule is CNC(=S)NCCCNC(=O)O. The van der Waals surface area contributed by atoms with Crippen LogP contribution >= 0.6 is 12.2 Å². The van der Waals surface area contributed by atoms with Crippen molar-refractivity contribution in [2.45, 2.75) is 6.42 Å². The minimum Gasteiger partial charge on any atom is -0.465 e. The van der Waals surface area contributed by atoms with Gasteiger partial charge in [-0.05, 0) is 18.6 Å². The van der Waals surface area contributed by atoms with Crippen molar-refractivity contribution in [2.24, 2.45) is 0 Å². The highest BCUT2D eigenvalue weighted by Gasteiger charge is 1.93. The molecule has 0 aromatic carbocycles. The Morgan fingerprint density at radius 3 is 2.50 bits per heavy atom. The Labute approximate surface area is 76.5 Å². The number of rotatable bonds is 4. The Morgan fingerprint density at radius 1 is 1.42 bits per heavy atom. The maximum Gasteiger partial charge on any atom is 0.404 e. The van der Waals surface area contributed by atoms with Crippen molar-refractivity contribution in [3.05, 3.63) is 0 Å². The van der Waals surface area contributed by atoms with E-state index in [2.05, 4.69) is 16.0 Å². The van der Waals surface area contributed by atoms with E-state index >= 15 is 0 Å². The summed E-state index contributed by atoms with van der Waals surface area (Å²) in [6, 6.07) is 0. The van der Waals surface area contributed by atoms with E-state index in [-0.39, 0.29) is 0 Å². The average molecular weight is 191 g/mol. The van der Waals surface area contributed by atoms with Crippen LogP contribution in [0.15, 0.2) is 0 Å². The van der Waals surface area contributed by atoms with Gasteiger partial charge in [-0.25, -0.2) is 4.79 Å². The van der Waals surface area contributed by atoms with Gasteiger partial charge in [-0.2, -0.15) is 0 Å². The molecule has 0 aliphatic heterocycles. The van der Waals surface area contributed by atoms with Crippen LogP contribution < -0.4 is 16.0 Å². The lowest BCUT2D eigenvalue weighted by Gasteiger charge is -2.05. The Hall–Kier alpha value is -1.04. The molecule has 0 aliphatic carbocycles. The fraction of sp³-hybridized carbons (Fsp3) is 0.667. The van der Waals surface area contributed by atoms with Crippen molar-refractivity contribution in [3.8, 4) is 0 Å². The van der Waals surface area contributed by atoms with E-state index in [1.54, 1.807) is 7.05 Å². The maximum absolute atomic E-state index is 9.98. The van der Waals surface area contributed by atoms with Crippen molar-refractivity contribution < 1.29 is 9.90 Å². The van der Waals surface area contributed by atoms with Crippen molar-refractivity contribution in [2.75, 3.05) is 20.1 Å². The highest BCUT2D eigenvalue weighted by atomic mass is 32.1. The minimum absolute atomic E-state index is 0.439. The van der Waals surface area contributed by atoms with Crippen LogP contribution in [0.5, 0.6) is 0 Å². The molecule has 0 saturated carbocycles. The Morgan fingerprint density at radius 2 is 2.00 bits per heavy atom. The van der Waals surface area contributed by atoms with E-state index < -0.39 is 6.09 Å². The summed E-state index contributed by atoms with van der Waals surface area (Å²) >= 11 is 4.80. The van der Waals surface area contributed by atoms with Gasteiger partial charge in [0.1, 0.15) is 0 Å². The molecular formula is C6H13N3O2S. The lowest BCUT2D eigenvalue weighted by molar-refractivity contribution is 0.194. The largest absolute Gasteiger partial charge is 0.465 e. The molecule has 0 aromatic rings. The molecule has 5 nitrogen and oxygen atoms in total. The summed E-state index contributed by atoms with van der Waals surface area (Å²) in [4.78, 5) is 9.98. The van der Waals surface area contributed by atoms with E-state index in [9.17, 15) is 4.79 Å². The van der Waals surface area contributed by atoms with Crippen LogP contribution in [-0.4, -0.2) is 36.4 Å². The normalized spacial score (nSPS) is 8.75. The molecule has 0 saturated heterocycles. The Kier molecular flexibility index (Phi) is 6.08. The van der Waals surface area contributed by atoms with E-state index in [1.807, 2.05) is 0 Å². The third-order valence-electron chi connectivity index (χ3n) is 1.14. The zero-order valence-electron chi connectivity index (χ0n) is 6.89. The maximum atomic E-state index is 9.98. The van der Waals surface area contributed by atoms with Gasteiger partial charge in [0.25, 0.3) is 0 Å². The van der Waals surface area contributed by atoms with E-state index in [4.69, 9.17) is 17.3 Å². The predicted molar refractivity (Wildman–Crippen MR) is 50.3 cm³/mol. The molecule has 0 bridgehead atoms. The fourth-order valence-electron chi connectivity index (χ4n) is 0.574. The molecule has 70 valence electrons. The first-order valence-corrected chi connectivity index (χ1v) is 4.00. The lowest BCUT2D eigenvalue weighted by atomic mass is 10.4. The lowest BCUT2D eigenvalue weighted by Crippen LogP contribution is -2.34. The van der Waals surface area contributed by atoms with Crippen molar-refractivity contribution >= 4 is 23.4 Å². The molecule has 4 N–H and O–H groups in total. The van der Waals surface area contributed by atoms with Gasteiger partial charge in [-0.1, -0.05) is 0 Å². The second-order valence-electron chi connectivity index (χ2n) is 2.09. The van der Waals surface area contributed by atoms with Crippen LogP contribution in [0, 0.1) is 0 Å². The molecule has 0 atom stereocenters. The molecule has 0 fully saturated rings. The van der Waals surface area contributed by atoms with Crippen LogP contribution in [0.3, 0.4) is 0 Å². The molecule has 6 heteroatoms. The number of hydrogen-bond acceptors (Lipinski definition) is 2. The first-order chi connectivity index (χ1) is 5.66.